The molecule has 3 rings (SSSR count). The highest BCUT2D eigenvalue weighted by Crippen LogP contribution is 2.28. The Balaban J connectivity index is 1.56. The van der Waals surface area contributed by atoms with Crippen LogP contribution < -0.4 is 9.80 Å². The van der Waals surface area contributed by atoms with Crippen LogP contribution in [-0.2, 0) is 6.54 Å². The van der Waals surface area contributed by atoms with E-state index in [2.05, 4.69) is 26.8 Å². The largest absolute Gasteiger partial charge is 0.322 e. The fourth-order valence-electron chi connectivity index (χ4n) is 3.53. The molecule has 0 aromatic carbocycles. The molecule has 1 aliphatic carbocycles. The van der Waals surface area contributed by atoms with Crippen LogP contribution in [0.25, 0.3) is 0 Å². The van der Waals surface area contributed by atoms with Crippen LogP contribution in [0.4, 0.5) is 0 Å². The lowest BCUT2D eigenvalue weighted by atomic mass is 10.2. The number of aromatic nitrogens is 4. The second kappa shape index (κ2) is 6.45. The summed E-state index contributed by atoms with van der Waals surface area (Å²) in [6.45, 7) is 10.8. The van der Waals surface area contributed by atoms with Gasteiger partial charge in [0, 0.05) is 0 Å². The van der Waals surface area contributed by atoms with Gasteiger partial charge in [-0.1, -0.05) is 19.4 Å². The van der Waals surface area contributed by atoms with Gasteiger partial charge >= 0.3 is 0 Å². The molecule has 2 heterocycles. The zero-order valence-electron chi connectivity index (χ0n) is 12.2. The first-order valence-corrected chi connectivity index (χ1v) is 7.91. The van der Waals surface area contributed by atoms with Crippen LogP contribution in [0.1, 0.15) is 37.5 Å². The number of nitrogens with one attached hydrogen (secondary N) is 2. The number of rotatable bonds is 5. The Labute approximate surface area is 120 Å². The second-order valence-corrected chi connectivity index (χ2v) is 6.15. The minimum absolute atomic E-state index is 0.548. The third-order valence-corrected chi connectivity index (χ3v) is 4.74. The fraction of sp³-hybridized carbons (Fsp3) is 0.786. The van der Waals surface area contributed by atoms with Crippen molar-refractivity contribution >= 4 is 0 Å². The summed E-state index contributed by atoms with van der Waals surface area (Å²) in [5, 5.41) is 12.4. The maximum absolute atomic E-state index is 4.27. The maximum Gasteiger partial charge on any atom is 0.206 e. The third kappa shape index (κ3) is 3.07. The Morgan fingerprint density at radius 2 is 1.85 bits per heavy atom. The van der Waals surface area contributed by atoms with E-state index in [1.807, 2.05) is 6.08 Å². The Kier molecular flexibility index (Phi) is 4.42. The Morgan fingerprint density at radius 3 is 2.55 bits per heavy atom. The van der Waals surface area contributed by atoms with E-state index in [0.717, 1.165) is 18.9 Å². The highest BCUT2D eigenvalue weighted by molar-refractivity contribution is 4.84. The van der Waals surface area contributed by atoms with Gasteiger partial charge in [-0.25, -0.2) is 4.68 Å². The first-order valence-electron chi connectivity index (χ1n) is 7.91. The summed E-state index contributed by atoms with van der Waals surface area (Å²) in [5.74, 6) is 1.08. The molecule has 2 fully saturated rings. The van der Waals surface area contributed by atoms with Gasteiger partial charge in [0.05, 0.1) is 12.6 Å². The maximum atomic E-state index is 4.27. The van der Waals surface area contributed by atoms with Gasteiger partial charge in [0.25, 0.3) is 0 Å². The summed E-state index contributed by atoms with van der Waals surface area (Å²) in [5.41, 5.74) is 0. The van der Waals surface area contributed by atoms with E-state index in [4.69, 9.17) is 0 Å². The molecule has 2 aliphatic rings. The first-order chi connectivity index (χ1) is 9.86. The number of quaternary nitrogens is 2. The van der Waals surface area contributed by atoms with Gasteiger partial charge in [0.1, 0.15) is 32.7 Å². The number of nitrogens with zero attached hydrogens (tertiary/aromatic N) is 4. The molecule has 20 heavy (non-hydrogen) atoms. The van der Waals surface area contributed by atoms with Crippen molar-refractivity contribution in [3.8, 4) is 0 Å². The molecule has 6 nitrogen and oxygen atoms in total. The number of piperazine rings is 1. The molecular weight excluding hydrogens is 252 g/mol. The third-order valence-electron chi connectivity index (χ3n) is 4.74. The van der Waals surface area contributed by atoms with E-state index in [-0.39, 0.29) is 0 Å². The molecule has 0 bridgehead atoms. The summed E-state index contributed by atoms with van der Waals surface area (Å²) in [4.78, 5) is 3.27. The van der Waals surface area contributed by atoms with Gasteiger partial charge in [0.15, 0.2) is 0 Å². The van der Waals surface area contributed by atoms with Crippen molar-refractivity contribution < 1.29 is 9.80 Å². The Bertz CT molecular complexity index is 429. The van der Waals surface area contributed by atoms with Crippen LogP contribution in [0.5, 0.6) is 0 Å². The Hall–Kier alpha value is -1.27. The van der Waals surface area contributed by atoms with Crippen LogP contribution in [-0.4, -0.2) is 52.9 Å². The van der Waals surface area contributed by atoms with Crippen molar-refractivity contribution in [2.45, 2.75) is 38.3 Å². The van der Waals surface area contributed by atoms with Crippen LogP contribution in [0.2, 0.25) is 0 Å². The molecule has 1 saturated carbocycles. The molecule has 6 heteroatoms. The van der Waals surface area contributed by atoms with Crippen molar-refractivity contribution in [3.63, 3.8) is 0 Å². The van der Waals surface area contributed by atoms with E-state index < -0.39 is 0 Å². The van der Waals surface area contributed by atoms with E-state index in [9.17, 15) is 0 Å². The first kappa shape index (κ1) is 13.7. The van der Waals surface area contributed by atoms with Gasteiger partial charge in [0.2, 0.25) is 5.82 Å². The van der Waals surface area contributed by atoms with E-state index in [0.29, 0.717) is 6.04 Å². The van der Waals surface area contributed by atoms with Gasteiger partial charge in [-0.15, -0.1) is 5.10 Å². The summed E-state index contributed by atoms with van der Waals surface area (Å²) in [7, 11) is 0. The molecule has 0 radical (unpaired) electrons. The smallest absolute Gasteiger partial charge is 0.206 e. The highest BCUT2D eigenvalue weighted by Gasteiger charge is 2.26. The summed E-state index contributed by atoms with van der Waals surface area (Å²) in [6, 6.07) is 0.548. The summed E-state index contributed by atoms with van der Waals surface area (Å²) >= 11 is 0. The van der Waals surface area contributed by atoms with Crippen molar-refractivity contribution in [3.05, 3.63) is 18.5 Å². The van der Waals surface area contributed by atoms with E-state index >= 15 is 0 Å². The number of hydrogen-bond donors (Lipinski definition) is 2. The lowest BCUT2D eigenvalue weighted by Crippen LogP contribution is -3.27. The molecule has 1 saturated heterocycles. The summed E-state index contributed by atoms with van der Waals surface area (Å²) in [6.07, 6.45) is 7.15. The molecule has 0 unspecified atom stereocenters. The molecule has 1 aliphatic heterocycles. The predicted molar refractivity (Wildman–Crippen MR) is 75.5 cm³/mol. The van der Waals surface area contributed by atoms with Gasteiger partial charge in [-0.3, -0.25) is 0 Å². The summed E-state index contributed by atoms with van der Waals surface area (Å²) < 4.78 is 2.10. The minimum atomic E-state index is 0.548. The lowest BCUT2D eigenvalue weighted by molar-refractivity contribution is -1.02. The molecule has 1 aromatic heterocycles. The van der Waals surface area contributed by atoms with Gasteiger partial charge in [-0.2, -0.15) is 0 Å². The topological polar surface area (TPSA) is 52.5 Å². The molecule has 0 amide bonds. The SMILES string of the molecule is C=CC[NH+]1CC[NH+](Cc2nnnn2C2CCCC2)CC1. The zero-order valence-corrected chi connectivity index (χ0v) is 12.2. The molecule has 1 aromatic rings. The monoisotopic (exact) mass is 278 g/mol. The van der Waals surface area contributed by atoms with E-state index in [1.54, 1.807) is 9.80 Å². The molecule has 0 spiro atoms. The fourth-order valence-corrected chi connectivity index (χ4v) is 3.53. The standard InChI is InChI=1S/C14H24N6/c1-2-7-18-8-10-19(11-9-18)12-14-15-16-17-20(14)13-5-3-4-6-13/h2,13H,1,3-12H2/p+2. The zero-order chi connectivity index (χ0) is 13.8. The Morgan fingerprint density at radius 1 is 1.15 bits per heavy atom. The number of tetrazole rings is 1. The van der Waals surface area contributed by atoms with E-state index in [1.165, 1.54) is 51.9 Å². The van der Waals surface area contributed by atoms with Crippen molar-refractivity contribution in [2.75, 3.05) is 32.7 Å². The van der Waals surface area contributed by atoms with Crippen LogP contribution in [0.3, 0.4) is 0 Å². The van der Waals surface area contributed by atoms with Gasteiger partial charge < -0.3 is 9.80 Å². The highest BCUT2D eigenvalue weighted by atomic mass is 15.6. The van der Waals surface area contributed by atoms with Crippen LogP contribution >= 0.6 is 0 Å². The molecule has 0 atom stereocenters. The number of hydrogen-bond acceptors (Lipinski definition) is 3. The molecular formula is C14H26N6+2. The predicted octanol–water partition coefficient (Wildman–Crippen LogP) is -1.74. The van der Waals surface area contributed by atoms with Crippen molar-refractivity contribution in [2.24, 2.45) is 0 Å². The molecule has 110 valence electrons. The average molecular weight is 278 g/mol. The average Bonchev–Trinajstić information content (AvgIpc) is 3.12. The quantitative estimate of drug-likeness (QED) is 0.629. The lowest BCUT2D eigenvalue weighted by Gasteiger charge is -2.28. The normalized spacial score (nSPS) is 27.8. The van der Waals surface area contributed by atoms with Crippen molar-refractivity contribution in [1.82, 2.24) is 20.2 Å². The van der Waals surface area contributed by atoms with Crippen LogP contribution in [0, 0.1) is 0 Å². The minimum Gasteiger partial charge on any atom is -0.322 e. The second-order valence-electron chi connectivity index (χ2n) is 6.15. The van der Waals surface area contributed by atoms with Crippen molar-refractivity contribution in [1.29, 1.82) is 0 Å². The molecule has 2 N–H and O–H groups in total. The van der Waals surface area contributed by atoms with Crippen LogP contribution in [0.15, 0.2) is 12.7 Å². The van der Waals surface area contributed by atoms with Gasteiger partial charge in [-0.05, 0) is 29.3 Å².